The van der Waals surface area contributed by atoms with Crippen LogP contribution in [0.5, 0.6) is 23.0 Å². The minimum Gasteiger partial charge on any atom is -0.490 e. The van der Waals surface area contributed by atoms with Crippen LogP contribution in [0, 0.1) is 0 Å². The summed E-state index contributed by atoms with van der Waals surface area (Å²) in [7, 11) is 0. The van der Waals surface area contributed by atoms with Gasteiger partial charge in [-0.2, -0.15) is 0 Å². The van der Waals surface area contributed by atoms with Gasteiger partial charge >= 0.3 is 0 Å². The minimum absolute atomic E-state index is 0.226. The first kappa shape index (κ1) is 24.7. The Morgan fingerprint density at radius 3 is 1.38 bits per heavy atom. The van der Waals surface area contributed by atoms with Crippen LogP contribution < -0.4 is 30.4 Å². The number of para-hydroxylation sites is 2. The van der Waals surface area contributed by atoms with E-state index in [1.807, 2.05) is 72.8 Å². The van der Waals surface area contributed by atoms with Crippen LogP contribution in [0.3, 0.4) is 0 Å². The number of benzene rings is 4. The van der Waals surface area contributed by atoms with E-state index in [0.29, 0.717) is 26.3 Å². The van der Waals surface area contributed by atoms with Gasteiger partial charge in [0, 0.05) is 13.1 Å². The molecule has 0 aromatic heterocycles. The average Bonchev–Trinajstić information content (AvgIpc) is 3.31. The van der Waals surface area contributed by atoms with Crippen molar-refractivity contribution >= 4 is 0 Å². The Bertz CT molecular complexity index is 1200. The summed E-state index contributed by atoms with van der Waals surface area (Å²) in [6.45, 7) is 1.50. The fraction of sp³-hybridized carbons (Fsp3) is 0.226. The van der Waals surface area contributed by atoms with E-state index < -0.39 is 0 Å². The fourth-order valence-electron chi connectivity index (χ4n) is 4.40. The molecule has 0 bridgehead atoms. The van der Waals surface area contributed by atoms with Gasteiger partial charge in [0.25, 0.3) is 0 Å². The zero-order valence-electron chi connectivity index (χ0n) is 20.7. The molecule has 0 fully saturated rings. The molecule has 0 saturated heterocycles. The highest BCUT2D eigenvalue weighted by Crippen LogP contribution is 2.40. The van der Waals surface area contributed by atoms with Crippen molar-refractivity contribution in [3.63, 3.8) is 0 Å². The highest BCUT2D eigenvalue weighted by molar-refractivity contribution is 5.78. The number of hydrogen-bond acceptors (Lipinski definition) is 6. The Labute approximate surface area is 217 Å². The monoisotopic (exact) mass is 496 g/mol. The lowest BCUT2D eigenvalue weighted by molar-refractivity contribution is 0.134. The minimum atomic E-state index is -0.226. The number of ether oxygens (including phenoxy) is 4. The predicted molar refractivity (Wildman–Crippen MR) is 145 cm³/mol. The molecule has 2 unspecified atom stereocenters. The number of hydrogen-bond donors (Lipinski definition) is 2. The zero-order valence-corrected chi connectivity index (χ0v) is 20.7. The summed E-state index contributed by atoms with van der Waals surface area (Å²) in [5, 5.41) is 0. The summed E-state index contributed by atoms with van der Waals surface area (Å²) < 4.78 is 24.0. The standard InChI is InChI=1S/C31H32N2O4/c32-18-28(36-24-7-3-1-4-8-24)20-34-26-11-13-30-22(16-26)15-23-17-27(12-14-31(23)30)35-21-29(19-33)37-25-9-5-2-6-10-25/h1-14,16-17,28-29H,15,18-21,32-33H2. The van der Waals surface area contributed by atoms with Crippen molar-refractivity contribution < 1.29 is 18.9 Å². The van der Waals surface area contributed by atoms with E-state index in [1.54, 1.807) is 0 Å². The van der Waals surface area contributed by atoms with Crippen LogP contribution >= 0.6 is 0 Å². The summed E-state index contributed by atoms with van der Waals surface area (Å²) in [5.74, 6) is 3.19. The second-order valence-electron chi connectivity index (χ2n) is 9.01. The molecule has 1 aliphatic rings. The largest absolute Gasteiger partial charge is 0.490 e. The van der Waals surface area contributed by atoms with Gasteiger partial charge in [0.15, 0.2) is 0 Å². The van der Waals surface area contributed by atoms with Gasteiger partial charge in [0.1, 0.15) is 48.4 Å². The van der Waals surface area contributed by atoms with Gasteiger partial charge in [0.2, 0.25) is 0 Å². The molecule has 4 aromatic carbocycles. The van der Waals surface area contributed by atoms with Gasteiger partial charge in [-0.1, -0.05) is 48.5 Å². The van der Waals surface area contributed by atoms with Crippen molar-refractivity contribution in [2.45, 2.75) is 18.6 Å². The van der Waals surface area contributed by atoms with Crippen LogP contribution in [0.1, 0.15) is 11.1 Å². The molecule has 190 valence electrons. The molecule has 6 heteroatoms. The first-order valence-corrected chi connectivity index (χ1v) is 12.6. The van der Waals surface area contributed by atoms with Crippen molar-refractivity contribution in [3.05, 3.63) is 108 Å². The van der Waals surface area contributed by atoms with Gasteiger partial charge in [-0.05, 0) is 77.2 Å². The zero-order chi connectivity index (χ0) is 25.5. The molecular weight excluding hydrogens is 464 g/mol. The van der Waals surface area contributed by atoms with E-state index in [1.165, 1.54) is 22.3 Å². The molecule has 1 aliphatic carbocycles. The molecule has 0 radical (unpaired) electrons. The summed E-state index contributed by atoms with van der Waals surface area (Å²) >= 11 is 0. The Balaban J connectivity index is 1.18. The van der Waals surface area contributed by atoms with Crippen LogP contribution in [0.2, 0.25) is 0 Å². The summed E-state index contributed by atoms with van der Waals surface area (Å²) in [5.41, 5.74) is 16.7. The van der Waals surface area contributed by atoms with Gasteiger partial charge in [-0.25, -0.2) is 0 Å². The fourth-order valence-corrected chi connectivity index (χ4v) is 4.40. The van der Waals surface area contributed by atoms with Crippen LogP contribution in [0.25, 0.3) is 11.1 Å². The molecule has 0 saturated carbocycles. The lowest BCUT2D eigenvalue weighted by Crippen LogP contribution is -2.32. The van der Waals surface area contributed by atoms with Crippen LogP contribution in [-0.2, 0) is 6.42 Å². The highest BCUT2D eigenvalue weighted by atomic mass is 16.5. The Morgan fingerprint density at radius 1 is 0.541 bits per heavy atom. The first-order valence-electron chi connectivity index (χ1n) is 12.6. The molecule has 6 nitrogen and oxygen atoms in total. The van der Waals surface area contributed by atoms with Crippen molar-refractivity contribution in [1.29, 1.82) is 0 Å². The van der Waals surface area contributed by atoms with Gasteiger partial charge in [-0.15, -0.1) is 0 Å². The topological polar surface area (TPSA) is 89.0 Å². The summed E-state index contributed by atoms with van der Waals surface area (Å²) in [6.07, 6.45) is 0.368. The Hall–Kier alpha value is -4.00. The second-order valence-corrected chi connectivity index (χ2v) is 9.01. The van der Waals surface area contributed by atoms with Gasteiger partial charge in [-0.3, -0.25) is 0 Å². The van der Waals surface area contributed by atoms with E-state index in [9.17, 15) is 0 Å². The van der Waals surface area contributed by atoms with Crippen LogP contribution in [-0.4, -0.2) is 38.5 Å². The molecule has 0 heterocycles. The average molecular weight is 497 g/mol. The predicted octanol–water partition coefficient (Wildman–Crippen LogP) is 4.83. The van der Waals surface area contributed by atoms with E-state index in [0.717, 1.165) is 29.4 Å². The van der Waals surface area contributed by atoms with E-state index in [-0.39, 0.29) is 12.2 Å². The van der Waals surface area contributed by atoms with E-state index in [4.69, 9.17) is 30.4 Å². The molecular formula is C31H32N2O4. The number of rotatable bonds is 12. The van der Waals surface area contributed by atoms with Gasteiger partial charge in [0.05, 0.1) is 0 Å². The van der Waals surface area contributed by atoms with Crippen LogP contribution in [0.15, 0.2) is 97.1 Å². The summed E-state index contributed by atoms with van der Waals surface area (Å²) in [6, 6.07) is 31.8. The maximum absolute atomic E-state index is 6.05. The van der Waals surface area contributed by atoms with E-state index in [2.05, 4.69) is 24.3 Å². The summed E-state index contributed by atoms with van der Waals surface area (Å²) in [4.78, 5) is 0. The maximum Gasteiger partial charge on any atom is 0.145 e. The van der Waals surface area contributed by atoms with Crippen molar-refractivity contribution in [2.24, 2.45) is 11.5 Å². The third kappa shape index (κ3) is 6.23. The maximum atomic E-state index is 6.05. The molecule has 0 amide bonds. The lowest BCUT2D eigenvalue weighted by Gasteiger charge is -2.18. The molecule has 4 aromatic rings. The third-order valence-corrected chi connectivity index (χ3v) is 6.31. The SMILES string of the molecule is NCC(COc1ccc2c(c1)Cc1cc(OCC(CN)Oc3ccccc3)ccc1-2)Oc1ccccc1. The molecule has 4 N–H and O–H groups in total. The van der Waals surface area contributed by atoms with Crippen molar-refractivity contribution in [1.82, 2.24) is 0 Å². The molecule has 2 atom stereocenters. The smallest absolute Gasteiger partial charge is 0.145 e. The second kappa shape index (κ2) is 11.8. The first-order chi connectivity index (χ1) is 18.2. The van der Waals surface area contributed by atoms with Gasteiger partial charge < -0.3 is 30.4 Å². The lowest BCUT2D eigenvalue weighted by atomic mass is 10.1. The number of nitrogens with two attached hydrogens (primary N) is 2. The number of fused-ring (bicyclic) bond motifs is 3. The molecule has 0 spiro atoms. The molecule has 5 rings (SSSR count). The third-order valence-electron chi connectivity index (χ3n) is 6.31. The molecule has 0 aliphatic heterocycles. The van der Waals surface area contributed by atoms with Crippen LogP contribution in [0.4, 0.5) is 0 Å². The normalized spacial score (nSPS) is 13.2. The quantitative estimate of drug-likeness (QED) is 0.257. The highest BCUT2D eigenvalue weighted by Gasteiger charge is 2.20. The van der Waals surface area contributed by atoms with Crippen molar-refractivity contribution in [3.8, 4) is 34.1 Å². The van der Waals surface area contributed by atoms with E-state index >= 15 is 0 Å². The van der Waals surface area contributed by atoms with Crippen molar-refractivity contribution in [2.75, 3.05) is 26.3 Å². The molecule has 37 heavy (non-hydrogen) atoms. The Kier molecular flexibility index (Phi) is 7.89. The Morgan fingerprint density at radius 2 is 0.973 bits per heavy atom.